The summed E-state index contributed by atoms with van der Waals surface area (Å²) in [6.07, 6.45) is 0.772. The van der Waals surface area contributed by atoms with Crippen LogP contribution in [0.1, 0.15) is 23.4 Å². The van der Waals surface area contributed by atoms with E-state index in [9.17, 15) is 9.18 Å². The molecule has 0 unspecified atom stereocenters. The summed E-state index contributed by atoms with van der Waals surface area (Å²) < 4.78 is 15.1. The molecule has 30 heavy (non-hydrogen) atoms. The molecule has 4 aromatic rings. The van der Waals surface area contributed by atoms with E-state index in [1.54, 1.807) is 16.6 Å². The molecule has 0 saturated carbocycles. The van der Waals surface area contributed by atoms with E-state index in [1.807, 2.05) is 44.2 Å². The van der Waals surface area contributed by atoms with Gasteiger partial charge in [0.1, 0.15) is 5.82 Å². The average molecular weight is 423 g/mol. The smallest absolute Gasteiger partial charge is 0.224 e. The first-order chi connectivity index (χ1) is 14.4. The largest absolute Gasteiger partial charge is 0.326 e. The highest BCUT2D eigenvalue weighted by Gasteiger charge is 2.14. The standard InChI is InChI=1S/C23H20ClFN4O/c1-14-20(10-11-23(30)27-19-5-3-4-18(25)12-19)15(2)29-22(26-14)13-21(28-29)16-6-8-17(24)9-7-16/h3-9,12-13H,10-11H2,1-2H3,(H,27,30). The normalized spacial score (nSPS) is 11.1. The van der Waals surface area contributed by atoms with E-state index in [1.165, 1.54) is 12.1 Å². The number of rotatable bonds is 5. The summed E-state index contributed by atoms with van der Waals surface area (Å²) in [6.45, 7) is 3.90. The van der Waals surface area contributed by atoms with Crippen LogP contribution in [0.3, 0.4) is 0 Å². The van der Waals surface area contributed by atoms with E-state index in [0.29, 0.717) is 17.1 Å². The molecule has 0 atom stereocenters. The molecule has 4 rings (SSSR count). The monoisotopic (exact) mass is 422 g/mol. The lowest BCUT2D eigenvalue weighted by Gasteiger charge is -2.11. The number of hydrogen-bond acceptors (Lipinski definition) is 3. The minimum absolute atomic E-state index is 0.179. The average Bonchev–Trinajstić information content (AvgIpc) is 3.12. The number of aromatic nitrogens is 3. The van der Waals surface area contributed by atoms with Crippen molar-refractivity contribution in [2.24, 2.45) is 0 Å². The third kappa shape index (κ3) is 4.19. The molecule has 0 radical (unpaired) electrons. The van der Waals surface area contributed by atoms with Gasteiger partial charge >= 0.3 is 0 Å². The Labute approximate surface area is 178 Å². The summed E-state index contributed by atoms with van der Waals surface area (Å²) in [5.74, 6) is -0.564. The van der Waals surface area contributed by atoms with Crippen LogP contribution in [0.2, 0.25) is 5.02 Å². The van der Waals surface area contributed by atoms with Gasteiger partial charge in [-0.1, -0.05) is 29.8 Å². The van der Waals surface area contributed by atoms with Crippen LogP contribution in [-0.2, 0) is 11.2 Å². The van der Waals surface area contributed by atoms with Crippen molar-refractivity contribution in [2.45, 2.75) is 26.7 Å². The summed E-state index contributed by atoms with van der Waals surface area (Å²) in [4.78, 5) is 17.0. The lowest BCUT2D eigenvalue weighted by molar-refractivity contribution is -0.116. The SMILES string of the molecule is Cc1nc2cc(-c3ccc(Cl)cc3)nn2c(C)c1CCC(=O)Nc1cccc(F)c1. The molecule has 1 amide bonds. The second kappa shape index (κ2) is 8.24. The van der Waals surface area contributed by atoms with Gasteiger partial charge in [0.25, 0.3) is 0 Å². The molecule has 5 nitrogen and oxygen atoms in total. The molecule has 2 aromatic heterocycles. The van der Waals surface area contributed by atoms with Gasteiger partial charge in [-0.2, -0.15) is 5.10 Å². The molecule has 2 heterocycles. The molecule has 0 bridgehead atoms. The van der Waals surface area contributed by atoms with E-state index in [-0.39, 0.29) is 18.1 Å². The van der Waals surface area contributed by atoms with Crippen LogP contribution in [0.15, 0.2) is 54.6 Å². The highest BCUT2D eigenvalue weighted by atomic mass is 35.5. The number of aryl methyl sites for hydroxylation is 2. The fraction of sp³-hybridized carbons (Fsp3) is 0.174. The predicted octanol–water partition coefficient (Wildman–Crippen LogP) is 5.38. The maximum absolute atomic E-state index is 13.3. The molecule has 1 N–H and O–H groups in total. The Bertz CT molecular complexity index is 1230. The predicted molar refractivity (Wildman–Crippen MR) is 116 cm³/mol. The van der Waals surface area contributed by atoms with Crippen molar-refractivity contribution in [3.05, 3.63) is 82.4 Å². The van der Waals surface area contributed by atoms with Crippen LogP contribution in [0, 0.1) is 19.7 Å². The van der Waals surface area contributed by atoms with Crippen molar-refractivity contribution >= 4 is 28.8 Å². The first-order valence-corrected chi connectivity index (χ1v) is 9.96. The van der Waals surface area contributed by atoms with Crippen molar-refractivity contribution in [3.63, 3.8) is 0 Å². The van der Waals surface area contributed by atoms with E-state index in [2.05, 4.69) is 15.4 Å². The number of anilines is 1. The molecule has 2 aromatic carbocycles. The van der Waals surface area contributed by atoms with Crippen molar-refractivity contribution in [3.8, 4) is 11.3 Å². The Morgan fingerprint density at radius 1 is 1.13 bits per heavy atom. The number of fused-ring (bicyclic) bond motifs is 1. The van der Waals surface area contributed by atoms with Crippen LogP contribution in [-0.4, -0.2) is 20.5 Å². The Balaban J connectivity index is 1.55. The summed E-state index contributed by atoms with van der Waals surface area (Å²) in [5.41, 5.74) is 5.74. The Hall–Kier alpha value is -3.25. The summed E-state index contributed by atoms with van der Waals surface area (Å²) >= 11 is 5.97. The highest BCUT2D eigenvalue weighted by molar-refractivity contribution is 6.30. The summed E-state index contributed by atoms with van der Waals surface area (Å²) in [5, 5.41) is 8.09. The van der Waals surface area contributed by atoms with Gasteiger partial charge in [-0.05, 0) is 56.2 Å². The number of benzene rings is 2. The molecular weight excluding hydrogens is 403 g/mol. The summed E-state index contributed by atoms with van der Waals surface area (Å²) in [7, 11) is 0. The number of nitrogens with zero attached hydrogens (tertiary/aromatic N) is 3. The zero-order valence-corrected chi connectivity index (χ0v) is 17.4. The maximum atomic E-state index is 13.3. The lowest BCUT2D eigenvalue weighted by Crippen LogP contribution is -2.14. The fourth-order valence-corrected chi connectivity index (χ4v) is 3.60. The summed E-state index contributed by atoms with van der Waals surface area (Å²) in [6, 6.07) is 15.3. The van der Waals surface area contributed by atoms with Crippen molar-refractivity contribution < 1.29 is 9.18 Å². The van der Waals surface area contributed by atoms with Crippen LogP contribution >= 0.6 is 11.6 Å². The second-order valence-corrected chi connectivity index (χ2v) is 7.56. The van der Waals surface area contributed by atoms with Gasteiger partial charge in [0.2, 0.25) is 5.91 Å². The second-order valence-electron chi connectivity index (χ2n) is 7.13. The molecular formula is C23H20ClFN4O. The molecule has 152 valence electrons. The van der Waals surface area contributed by atoms with Crippen LogP contribution in [0.4, 0.5) is 10.1 Å². The minimum Gasteiger partial charge on any atom is -0.326 e. The van der Waals surface area contributed by atoms with E-state index >= 15 is 0 Å². The Morgan fingerprint density at radius 3 is 2.63 bits per heavy atom. The molecule has 0 saturated heterocycles. The number of nitrogens with one attached hydrogen (secondary N) is 1. The van der Waals surface area contributed by atoms with E-state index in [0.717, 1.165) is 33.9 Å². The molecule has 0 aliphatic rings. The van der Waals surface area contributed by atoms with Crippen LogP contribution in [0.25, 0.3) is 16.9 Å². The number of amides is 1. The number of carbonyl (C=O) groups is 1. The Kier molecular flexibility index (Phi) is 5.50. The highest BCUT2D eigenvalue weighted by Crippen LogP contribution is 2.24. The van der Waals surface area contributed by atoms with Gasteiger partial charge in [0.05, 0.1) is 5.69 Å². The van der Waals surface area contributed by atoms with Crippen LogP contribution in [0.5, 0.6) is 0 Å². The zero-order chi connectivity index (χ0) is 21.3. The molecule has 0 spiro atoms. The van der Waals surface area contributed by atoms with Gasteiger partial charge in [-0.15, -0.1) is 0 Å². The van der Waals surface area contributed by atoms with Crippen molar-refractivity contribution in [1.82, 2.24) is 14.6 Å². The molecule has 7 heteroatoms. The van der Waals surface area contributed by atoms with Crippen LogP contribution < -0.4 is 5.32 Å². The number of halogens is 2. The topological polar surface area (TPSA) is 59.3 Å². The lowest BCUT2D eigenvalue weighted by atomic mass is 10.1. The van der Waals surface area contributed by atoms with Gasteiger partial charge in [-0.25, -0.2) is 13.9 Å². The number of carbonyl (C=O) groups excluding carboxylic acids is 1. The van der Waals surface area contributed by atoms with E-state index < -0.39 is 0 Å². The van der Waals surface area contributed by atoms with Gasteiger partial charge < -0.3 is 5.32 Å². The van der Waals surface area contributed by atoms with Crippen molar-refractivity contribution in [2.75, 3.05) is 5.32 Å². The first-order valence-electron chi connectivity index (χ1n) is 9.58. The zero-order valence-electron chi connectivity index (χ0n) is 16.6. The van der Waals surface area contributed by atoms with Crippen molar-refractivity contribution in [1.29, 1.82) is 0 Å². The molecule has 0 aliphatic heterocycles. The van der Waals surface area contributed by atoms with Gasteiger partial charge in [0, 0.05) is 40.1 Å². The first kappa shape index (κ1) is 20.0. The maximum Gasteiger partial charge on any atom is 0.224 e. The van der Waals surface area contributed by atoms with Gasteiger partial charge in [0.15, 0.2) is 5.65 Å². The van der Waals surface area contributed by atoms with E-state index in [4.69, 9.17) is 11.6 Å². The molecule has 0 aliphatic carbocycles. The third-order valence-electron chi connectivity index (χ3n) is 5.01. The Morgan fingerprint density at radius 2 is 1.90 bits per heavy atom. The minimum atomic E-state index is -0.385. The fourth-order valence-electron chi connectivity index (χ4n) is 3.48. The molecule has 0 fully saturated rings. The number of hydrogen-bond donors (Lipinski definition) is 1. The third-order valence-corrected chi connectivity index (χ3v) is 5.27. The quantitative estimate of drug-likeness (QED) is 0.470. The van der Waals surface area contributed by atoms with Gasteiger partial charge in [-0.3, -0.25) is 4.79 Å².